The van der Waals surface area contributed by atoms with Gasteiger partial charge in [-0.25, -0.2) is 0 Å². The van der Waals surface area contributed by atoms with Crippen LogP contribution >= 0.6 is 7.60 Å². The third-order valence-electron chi connectivity index (χ3n) is 3.48. The van der Waals surface area contributed by atoms with Gasteiger partial charge >= 0.3 is 7.60 Å². The van der Waals surface area contributed by atoms with Crippen molar-refractivity contribution >= 4 is 7.60 Å². The maximum atomic E-state index is 12.1. The van der Waals surface area contributed by atoms with Gasteiger partial charge in [-0.3, -0.25) is 4.57 Å². The summed E-state index contributed by atoms with van der Waals surface area (Å²) in [5.41, 5.74) is 1.14. The van der Waals surface area contributed by atoms with Crippen molar-refractivity contribution in [2.45, 2.75) is 32.5 Å². The van der Waals surface area contributed by atoms with E-state index in [1.807, 2.05) is 44.2 Å². The van der Waals surface area contributed by atoms with Crippen LogP contribution in [0.5, 0.6) is 0 Å². The predicted octanol–water partition coefficient (Wildman–Crippen LogP) is 2.65. The molecule has 0 saturated carbocycles. The summed E-state index contributed by atoms with van der Waals surface area (Å²) in [6.45, 7) is 4.66. The molecule has 0 bridgehead atoms. The molecule has 0 amide bonds. The van der Waals surface area contributed by atoms with E-state index in [1.54, 1.807) is 0 Å². The topological polar surface area (TPSA) is 67.8 Å². The van der Waals surface area contributed by atoms with Crippen LogP contribution in [0.4, 0.5) is 0 Å². The van der Waals surface area contributed by atoms with Gasteiger partial charge < -0.3 is 19.5 Å². The fourth-order valence-corrected chi connectivity index (χ4v) is 3.35. The Bertz CT molecular complexity index is 444. The van der Waals surface area contributed by atoms with Crippen LogP contribution in [-0.2, 0) is 20.2 Å². The van der Waals surface area contributed by atoms with Crippen LogP contribution in [0.1, 0.15) is 19.4 Å². The first kappa shape index (κ1) is 18.3. The van der Waals surface area contributed by atoms with Crippen LogP contribution in [0.3, 0.4) is 0 Å². The molecule has 1 rings (SSSR count). The first-order valence-corrected chi connectivity index (χ1v) is 8.80. The zero-order chi connectivity index (χ0) is 15.9. The Morgan fingerprint density at radius 1 is 1.19 bits per heavy atom. The largest absolute Gasteiger partial charge is 0.391 e. The molecule has 5 nitrogen and oxygen atoms in total. The predicted molar refractivity (Wildman–Crippen MR) is 84.4 cm³/mol. The quantitative estimate of drug-likeness (QED) is 0.686. The van der Waals surface area contributed by atoms with Crippen molar-refractivity contribution in [1.29, 1.82) is 0 Å². The summed E-state index contributed by atoms with van der Waals surface area (Å²) in [5.74, 6) is 0.186. The van der Waals surface area contributed by atoms with E-state index in [-0.39, 0.29) is 18.1 Å². The maximum Gasteiger partial charge on any atom is 0.332 e. The second-order valence-corrected chi connectivity index (χ2v) is 7.68. The number of benzene rings is 1. The summed E-state index contributed by atoms with van der Waals surface area (Å²) in [5, 5.41) is 13.7. The summed E-state index contributed by atoms with van der Waals surface area (Å²) in [6.07, 6.45) is -0.829. The minimum Gasteiger partial charge on any atom is -0.391 e. The van der Waals surface area contributed by atoms with Gasteiger partial charge in [-0.1, -0.05) is 44.2 Å². The Morgan fingerprint density at radius 2 is 1.76 bits per heavy atom. The molecular formula is C15H26NO4P. The van der Waals surface area contributed by atoms with Gasteiger partial charge in [0.05, 0.1) is 12.3 Å². The molecule has 0 aliphatic carbocycles. The van der Waals surface area contributed by atoms with E-state index in [9.17, 15) is 9.67 Å². The van der Waals surface area contributed by atoms with Gasteiger partial charge in [-0.15, -0.1) is 0 Å². The van der Waals surface area contributed by atoms with Crippen LogP contribution in [0.2, 0.25) is 0 Å². The van der Waals surface area contributed by atoms with E-state index < -0.39 is 13.7 Å². The average Bonchev–Trinajstić information content (AvgIpc) is 2.48. The molecule has 0 saturated heterocycles. The number of aliphatic hydroxyl groups is 1. The molecule has 1 aromatic rings. The van der Waals surface area contributed by atoms with E-state index in [0.717, 1.165) is 5.56 Å². The molecule has 1 aromatic carbocycles. The third kappa shape index (κ3) is 5.89. The Morgan fingerprint density at radius 3 is 2.24 bits per heavy atom. The second kappa shape index (κ2) is 8.66. The molecule has 6 heteroatoms. The monoisotopic (exact) mass is 315 g/mol. The summed E-state index contributed by atoms with van der Waals surface area (Å²) in [7, 11) is -0.552. The molecule has 120 valence electrons. The van der Waals surface area contributed by atoms with Crippen molar-refractivity contribution < 1.29 is 18.7 Å². The Labute approximate surface area is 127 Å². The van der Waals surface area contributed by atoms with Gasteiger partial charge in [-0.2, -0.15) is 0 Å². The minimum absolute atomic E-state index is 0.0232. The maximum absolute atomic E-state index is 12.1. The van der Waals surface area contributed by atoms with Crippen molar-refractivity contribution in [2.24, 2.45) is 5.92 Å². The second-order valence-electron chi connectivity index (χ2n) is 5.36. The van der Waals surface area contributed by atoms with Crippen LogP contribution in [-0.4, -0.2) is 37.6 Å². The van der Waals surface area contributed by atoms with Crippen molar-refractivity contribution in [2.75, 3.05) is 20.4 Å². The van der Waals surface area contributed by atoms with Gasteiger partial charge in [0.15, 0.2) is 0 Å². The van der Waals surface area contributed by atoms with Crippen LogP contribution in [0, 0.1) is 5.92 Å². The molecule has 21 heavy (non-hydrogen) atoms. The van der Waals surface area contributed by atoms with E-state index in [0.29, 0.717) is 6.54 Å². The Hall–Kier alpha value is -0.710. The molecular weight excluding hydrogens is 289 g/mol. The molecule has 0 aliphatic heterocycles. The Kier molecular flexibility index (Phi) is 7.57. The fourth-order valence-electron chi connectivity index (χ4n) is 2.21. The minimum atomic E-state index is -3.22. The number of hydrogen-bond donors (Lipinski definition) is 2. The lowest BCUT2D eigenvalue weighted by Gasteiger charge is -2.29. The van der Waals surface area contributed by atoms with Gasteiger partial charge in [0, 0.05) is 26.8 Å². The normalized spacial score (nSPS) is 15.1. The molecule has 2 atom stereocenters. The molecule has 0 fully saturated rings. The van der Waals surface area contributed by atoms with Crippen LogP contribution in [0.25, 0.3) is 0 Å². The average molecular weight is 315 g/mol. The molecule has 2 N–H and O–H groups in total. The van der Waals surface area contributed by atoms with E-state index >= 15 is 0 Å². The number of rotatable bonds is 9. The zero-order valence-electron chi connectivity index (χ0n) is 13.2. The van der Waals surface area contributed by atoms with Gasteiger partial charge in [0.2, 0.25) is 0 Å². The molecule has 0 heterocycles. The van der Waals surface area contributed by atoms with Crippen molar-refractivity contribution in [3.63, 3.8) is 0 Å². The molecule has 0 aliphatic rings. The van der Waals surface area contributed by atoms with Gasteiger partial charge in [0.25, 0.3) is 0 Å². The summed E-state index contributed by atoms with van der Waals surface area (Å²) in [4.78, 5) is 0. The Balaban J connectivity index is 2.66. The molecule has 0 unspecified atom stereocenters. The highest BCUT2D eigenvalue weighted by molar-refractivity contribution is 7.53. The summed E-state index contributed by atoms with van der Waals surface area (Å²) < 4.78 is 21.9. The molecule has 0 radical (unpaired) electrons. The van der Waals surface area contributed by atoms with Crippen molar-refractivity contribution in [3.05, 3.63) is 35.9 Å². The number of nitrogens with one attached hydrogen (secondary N) is 1. The van der Waals surface area contributed by atoms with E-state index in [2.05, 4.69) is 5.32 Å². The number of hydrogen-bond acceptors (Lipinski definition) is 5. The highest BCUT2D eigenvalue weighted by atomic mass is 31.2. The lowest BCUT2D eigenvalue weighted by Crippen LogP contribution is -2.45. The SMILES string of the molecule is COP(=O)(C[C@@H](O)[C@@H](NCc1ccccc1)C(C)C)OC. The lowest BCUT2D eigenvalue weighted by atomic mass is 9.99. The van der Waals surface area contributed by atoms with Crippen molar-refractivity contribution in [1.82, 2.24) is 5.32 Å². The third-order valence-corrected chi connectivity index (χ3v) is 5.42. The highest BCUT2D eigenvalue weighted by Gasteiger charge is 2.31. The number of aliphatic hydroxyl groups excluding tert-OH is 1. The standard InChI is InChI=1S/C15H26NO4P/c1-12(2)15(14(17)11-21(18,19-3)20-4)16-10-13-8-6-5-7-9-13/h5-9,12,14-17H,10-11H2,1-4H3/t14-,15+/m1/s1. The smallest absolute Gasteiger partial charge is 0.332 e. The fraction of sp³-hybridized carbons (Fsp3) is 0.600. The summed E-state index contributed by atoms with van der Waals surface area (Å²) >= 11 is 0. The first-order valence-electron chi connectivity index (χ1n) is 7.07. The van der Waals surface area contributed by atoms with Crippen LogP contribution < -0.4 is 5.32 Å². The lowest BCUT2D eigenvalue weighted by molar-refractivity contribution is 0.115. The van der Waals surface area contributed by atoms with E-state index in [4.69, 9.17) is 9.05 Å². The highest BCUT2D eigenvalue weighted by Crippen LogP contribution is 2.47. The first-order chi connectivity index (χ1) is 9.91. The zero-order valence-corrected chi connectivity index (χ0v) is 14.0. The van der Waals surface area contributed by atoms with Gasteiger partial charge in [-0.05, 0) is 11.5 Å². The summed E-state index contributed by atoms with van der Waals surface area (Å²) in [6, 6.07) is 9.76. The van der Waals surface area contributed by atoms with Crippen molar-refractivity contribution in [3.8, 4) is 0 Å². The van der Waals surface area contributed by atoms with Crippen LogP contribution in [0.15, 0.2) is 30.3 Å². The molecule has 0 aromatic heterocycles. The van der Waals surface area contributed by atoms with E-state index in [1.165, 1.54) is 14.2 Å². The molecule has 0 spiro atoms. The van der Waals surface area contributed by atoms with Gasteiger partial charge in [0.1, 0.15) is 0 Å².